The molecule has 0 bridgehead atoms. The summed E-state index contributed by atoms with van der Waals surface area (Å²) in [6.07, 6.45) is 0.931. The van der Waals surface area contributed by atoms with E-state index in [1.165, 1.54) is 0 Å². The zero-order valence-corrected chi connectivity index (χ0v) is 14.7. The first-order chi connectivity index (χ1) is 12.7. The van der Waals surface area contributed by atoms with Crippen molar-refractivity contribution in [3.8, 4) is 0 Å². The summed E-state index contributed by atoms with van der Waals surface area (Å²) >= 11 is 0. The first-order valence-corrected chi connectivity index (χ1v) is 8.88. The van der Waals surface area contributed by atoms with Crippen molar-refractivity contribution in [2.24, 2.45) is 5.92 Å². The molecule has 0 radical (unpaired) electrons. The molecule has 0 unspecified atom stereocenters. The number of ether oxygens (including phenoxy) is 2. The molecule has 0 spiro atoms. The Bertz CT molecular complexity index is 717. The van der Waals surface area contributed by atoms with Crippen molar-refractivity contribution in [3.05, 3.63) is 71.8 Å². The van der Waals surface area contributed by atoms with E-state index in [2.05, 4.69) is 0 Å². The summed E-state index contributed by atoms with van der Waals surface area (Å²) in [7, 11) is 0. The molecule has 0 saturated carbocycles. The van der Waals surface area contributed by atoms with E-state index in [-0.39, 0.29) is 24.6 Å². The quantitative estimate of drug-likeness (QED) is 0.747. The second kappa shape index (κ2) is 9.04. The largest absolute Gasteiger partial charge is 0.465 e. The standard InChI is InChI=1S/C21H23NO4/c23-20(25-14-12-17-7-3-1-4-8-17)19-11-13-22(15-19)21(24)26-16-18-9-5-2-6-10-18/h1-10,19H,11-16H2/t19-/m1/s1. The normalized spacial score (nSPS) is 16.3. The number of likely N-dealkylation sites (tertiary alicyclic amines) is 1. The molecule has 26 heavy (non-hydrogen) atoms. The van der Waals surface area contributed by atoms with Crippen molar-refractivity contribution in [2.45, 2.75) is 19.4 Å². The van der Waals surface area contributed by atoms with Crippen LogP contribution in [0.1, 0.15) is 17.5 Å². The van der Waals surface area contributed by atoms with Gasteiger partial charge in [-0.3, -0.25) is 4.79 Å². The zero-order valence-electron chi connectivity index (χ0n) is 14.7. The van der Waals surface area contributed by atoms with Gasteiger partial charge in [0.25, 0.3) is 0 Å². The fourth-order valence-corrected chi connectivity index (χ4v) is 2.96. The predicted molar refractivity (Wildman–Crippen MR) is 97.4 cm³/mol. The van der Waals surface area contributed by atoms with E-state index >= 15 is 0 Å². The Hall–Kier alpha value is -2.82. The zero-order chi connectivity index (χ0) is 18.2. The molecule has 5 nitrogen and oxygen atoms in total. The average molecular weight is 353 g/mol. The van der Waals surface area contributed by atoms with Crippen molar-refractivity contribution >= 4 is 12.1 Å². The van der Waals surface area contributed by atoms with Crippen LogP contribution in [0.2, 0.25) is 0 Å². The topological polar surface area (TPSA) is 55.8 Å². The minimum absolute atomic E-state index is 0.237. The van der Waals surface area contributed by atoms with Gasteiger partial charge in [0.1, 0.15) is 6.61 Å². The van der Waals surface area contributed by atoms with Gasteiger partial charge in [-0.25, -0.2) is 4.79 Å². The first-order valence-electron chi connectivity index (χ1n) is 8.88. The maximum Gasteiger partial charge on any atom is 0.410 e. The summed E-state index contributed by atoms with van der Waals surface area (Å²) in [6, 6.07) is 19.4. The highest BCUT2D eigenvalue weighted by molar-refractivity contribution is 5.75. The monoisotopic (exact) mass is 353 g/mol. The van der Waals surface area contributed by atoms with E-state index in [1.54, 1.807) is 4.90 Å². The van der Waals surface area contributed by atoms with Crippen molar-refractivity contribution in [1.29, 1.82) is 0 Å². The number of carbonyl (C=O) groups excluding carboxylic acids is 2. The summed E-state index contributed by atoms with van der Waals surface area (Å²) in [6.45, 7) is 1.48. The van der Waals surface area contributed by atoms with E-state index < -0.39 is 0 Å². The fraction of sp³-hybridized carbons (Fsp3) is 0.333. The minimum atomic E-state index is -0.381. The van der Waals surface area contributed by atoms with E-state index in [0.29, 0.717) is 32.5 Å². The number of hydrogen-bond acceptors (Lipinski definition) is 4. The van der Waals surface area contributed by atoms with Crippen LogP contribution < -0.4 is 0 Å². The second-order valence-corrected chi connectivity index (χ2v) is 6.37. The molecular weight excluding hydrogens is 330 g/mol. The van der Waals surface area contributed by atoms with Gasteiger partial charge in [0, 0.05) is 19.5 Å². The number of rotatable bonds is 6. The first kappa shape index (κ1) is 18.0. The van der Waals surface area contributed by atoms with Crippen molar-refractivity contribution < 1.29 is 19.1 Å². The van der Waals surface area contributed by atoms with Crippen LogP contribution in [0.25, 0.3) is 0 Å². The maximum absolute atomic E-state index is 12.2. The SMILES string of the molecule is O=C(OCCc1ccccc1)[C@@H]1CCN(C(=O)OCc2ccccc2)C1. The molecule has 5 heteroatoms. The van der Waals surface area contributed by atoms with Gasteiger partial charge in [-0.2, -0.15) is 0 Å². The van der Waals surface area contributed by atoms with E-state index in [4.69, 9.17) is 9.47 Å². The molecule has 1 atom stereocenters. The highest BCUT2D eigenvalue weighted by Gasteiger charge is 2.32. The smallest absolute Gasteiger partial charge is 0.410 e. The van der Waals surface area contributed by atoms with E-state index in [0.717, 1.165) is 11.1 Å². The number of benzene rings is 2. The van der Waals surface area contributed by atoms with Gasteiger partial charge in [-0.1, -0.05) is 60.7 Å². The van der Waals surface area contributed by atoms with Crippen LogP contribution in [0.4, 0.5) is 4.79 Å². The van der Waals surface area contributed by atoms with Crippen LogP contribution >= 0.6 is 0 Å². The molecule has 1 aliphatic rings. The van der Waals surface area contributed by atoms with Crippen LogP contribution in [0.3, 0.4) is 0 Å². The summed E-state index contributed by atoms with van der Waals surface area (Å²) < 4.78 is 10.7. The summed E-state index contributed by atoms with van der Waals surface area (Å²) in [5.41, 5.74) is 2.08. The molecule has 0 N–H and O–H groups in total. The van der Waals surface area contributed by atoms with Gasteiger partial charge in [0.05, 0.1) is 12.5 Å². The third-order valence-electron chi connectivity index (χ3n) is 4.46. The van der Waals surface area contributed by atoms with Gasteiger partial charge in [-0.15, -0.1) is 0 Å². The molecule has 1 fully saturated rings. The molecule has 1 aliphatic heterocycles. The van der Waals surface area contributed by atoms with Crippen LogP contribution in [0.15, 0.2) is 60.7 Å². The Morgan fingerprint density at radius 1 is 0.923 bits per heavy atom. The molecular formula is C21H23NO4. The molecule has 1 amide bonds. The number of nitrogens with zero attached hydrogens (tertiary/aromatic N) is 1. The van der Waals surface area contributed by atoms with Crippen LogP contribution in [-0.2, 0) is 27.3 Å². The van der Waals surface area contributed by atoms with Gasteiger partial charge < -0.3 is 14.4 Å². The number of hydrogen-bond donors (Lipinski definition) is 0. The third-order valence-corrected chi connectivity index (χ3v) is 4.46. The fourth-order valence-electron chi connectivity index (χ4n) is 2.96. The molecule has 3 rings (SSSR count). The Morgan fingerprint density at radius 2 is 1.58 bits per heavy atom. The molecule has 0 aromatic heterocycles. The average Bonchev–Trinajstić information content (AvgIpc) is 3.18. The van der Waals surface area contributed by atoms with Crippen LogP contribution in [0, 0.1) is 5.92 Å². The molecule has 2 aromatic carbocycles. The maximum atomic E-state index is 12.2. The van der Waals surface area contributed by atoms with Crippen LogP contribution in [0.5, 0.6) is 0 Å². The second-order valence-electron chi connectivity index (χ2n) is 6.37. The van der Waals surface area contributed by atoms with Gasteiger partial charge in [-0.05, 0) is 17.5 Å². The van der Waals surface area contributed by atoms with Crippen molar-refractivity contribution in [2.75, 3.05) is 19.7 Å². The lowest BCUT2D eigenvalue weighted by Gasteiger charge is -2.16. The Labute approximate surface area is 153 Å². The van der Waals surface area contributed by atoms with Gasteiger partial charge >= 0.3 is 12.1 Å². The number of carbonyl (C=O) groups is 2. The minimum Gasteiger partial charge on any atom is -0.465 e. The lowest BCUT2D eigenvalue weighted by atomic mass is 10.1. The van der Waals surface area contributed by atoms with Crippen molar-refractivity contribution in [1.82, 2.24) is 4.90 Å². The van der Waals surface area contributed by atoms with Gasteiger partial charge in [0.15, 0.2) is 0 Å². The highest BCUT2D eigenvalue weighted by Crippen LogP contribution is 2.19. The van der Waals surface area contributed by atoms with Crippen molar-refractivity contribution in [3.63, 3.8) is 0 Å². The molecule has 1 saturated heterocycles. The lowest BCUT2D eigenvalue weighted by Crippen LogP contribution is -2.31. The van der Waals surface area contributed by atoms with Crippen LogP contribution in [-0.4, -0.2) is 36.7 Å². The van der Waals surface area contributed by atoms with E-state index in [9.17, 15) is 9.59 Å². The molecule has 1 heterocycles. The lowest BCUT2D eigenvalue weighted by molar-refractivity contribution is -0.147. The molecule has 2 aromatic rings. The van der Waals surface area contributed by atoms with E-state index in [1.807, 2.05) is 60.7 Å². The summed E-state index contributed by atoms with van der Waals surface area (Å²) in [5.74, 6) is -0.505. The Kier molecular flexibility index (Phi) is 6.25. The Morgan fingerprint density at radius 3 is 2.27 bits per heavy atom. The Balaban J connectivity index is 1.38. The number of esters is 1. The summed E-state index contributed by atoms with van der Waals surface area (Å²) in [4.78, 5) is 25.9. The summed E-state index contributed by atoms with van der Waals surface area (Å²) in [5, 5.41) is 0. The van der Waals surface area contributed by atoms with Gasteiger partial charge in [0.2, 0.25) is 0 Å². The third kappa shape index (κ3) is 5.09. The highest BCUT2D eigenvalue weighted by atomic mass is 16.6. The predicted octanol–water partition coefficient (Wildman–Crippen LogP) is 3.43. The number of amides is 1. The molecule has 136 valence electrons. The molecule has 0 aliphatic carbocycles.